The highest BCUT2D eigenvalue weighted by molar-refractivity contribution is 5.96. The van der Waals surface area contributed by atoms with E-state index in [1.165, 1.54) is 17.2 Å². The number of anilines is 4. The van der Waals surface area contributed by atoms with Crippen molar-refractivity contribution >= 4 is 29.2 Å². The zero-order valence-corrected chi connectivity index (χ0v) is 30.3. The van der Waals surface area contributed by atoms with Crippen molar-refractivity contribution < 1.29 is 23.2 Å². The molecule has 1 aliphatic rings. The molecule has 1 amide bonds. The third-order valence-electron chi connectivity index (χ3n) is 9.01. The summed E-state index contributed by atoms with van der Waals surface area (Å²) in [6, 6.07) is 20.0. The molecule has 0 atom stereocenters. The monoisotopic (exact) mass is 708 g/mol. The van der Waals surface area contributed by atoms with Crippen LogP contribution in [0.5, 0.6) is 11.5 Å². The number of aryl methyl sites for hydroxylation is 5. The van der Waals surface area contributed by atoms with Crippen LogP contribution in [0, 0.1) is 26.6 Å². The largest absolute Gasteiger partial charge is 0.489 e. The molecule has 272 valence electrons. The summed E-state index contributed by atoms with van der Waals surface area (Å²) in [7, 11) is 0. The molecule has 1 saturated heterocycles. The van der Waals surface area contributed by atoms with E-state index in [9.17, 15) is 4.79 Å². The molecule has 0 radical (unpaired) electrons. The number of hydrogen-bond acceptors (Lipinski definition) is 11. The van der Waals surface area contributed by atoms with Gasteiger partial charge in [-0.2, -0.15) is 9.97 Å². The number of carbonyl (C=O) groups is 1. The maximum absolute atomic E-state index is 15.2. The van der Waals surface area contributed by atoms with Crippen molar-refractivity contribution in [1.29, 1.82) is 0 Å². The first-order valence-corrected chi connectivity index (χ1v) is 17.6. The fraction of sp³-hybridized carbons (Fsp3) is 0.359. The number of aromatic nitrogens is 4. The van der Waals surface area contributed by atoms with Gasteiger partial charge in [0, 0.05) is 69.2 Å². The molecule has 1 aliphatic heterocycles. The molecule has 0 spiro atoms. The molecule has 13 heteroatoms. The normalized spacial score (nSPS) is 13.7. The van der Waals surface area contributed by atoms with Crippen LogP contribution in [0.4, 0.5) is 32.3 Å². The Labute approximate surface area is 303 Å². The number of hydrogen-bond donors (Lipinski definition) is 1. The molecule has 0 saturated carbocycles. The second-order valence-corrected chi connectivity index (χ2v) is 13.2. The molecule has 12 nitrogen and oxygen atoms in total. The Bertz CT molecular complexity index is 1960. The predicted molar refractivity (Wildman–Crippen MR) is 197 cm³/mol. The van der Waals surface area contributed by atoms with Gasteiger partial charge in [-0.25, -0.2) is 19.1 Å². The van der Waals surface area contributed by atoms with Gasteiger partial charge in [0.05, 0.1) is 5.69 Å². The molecule has 1 fully saturated rings. The van der Waals surface area contributed by atoms with Crippen molar-refractivity contribution in [3.63, 3.8) is 0 Å². The summed E-state index contributed by atoms with van der Waals surface area (Å²) in [4.78, 5) is 33.5. The Kier molecular flexibility index (Phi) is 11.7. The van der Waals surface area contributed by atoms with Crippen molar-refractivity contribution in [2.45, 2.75) is 53.5 Å². The molecule has 0 bridgehead atoms. The molecule has 1 N–H and O–H groups in total. The highest BCUT2D eigenvalue weighted by Crippen LogP contribution is 2.30. The van der Waals surface area contributed by atoms with Crippen molar-refractivity contribution in [2.24, 2.45) is 0 Å². The number of carbonyl (C=O) groups excluding carboxylic acids is 1. The van der Waals surface area contributed by atoms with Gasteiger partial charge in [-0.3, -0.25) is 9.80 Å². The van der Waals surface area contributed by atoms with E-state index in [-0.39, 0.29) is 17.5 Å². The highest BCUT2D eigenvalue weighted by Gasteiger charge is 2.25. The van der Waals surface area contributed by atoms with E-state index in [1.807, 2.05) is 50.2 Å². The summed E-state index contributed by atoms with van der Waals surface area (Å²) in [5, 5.41) is 6.93. The number of piperazine rings is 1. The third kappa shape index (κ3) is 9.28. The predicted octanol–water partition coefficient (Wildman–Crippen LogP) is 7.19. The molecule has 3 heterocycles. The van der Waals surface area contributed by atoms with Gasteiger partial charge in [0.15, 0.2) is 17.4 Å². The lowest BCUT2D eigenvalue weighted by Crippen LogP contribution is -2.49. The third-order valence-corrected chi connectivity index (χ3v) is 9.01. The van der Waals surface area contributed by atoms with Crippen molar-refractivity contribution in [2.75, 3.05) is 49.5 Å². The highest BCUT2D eigenvalue weighted by atomic mass is 19.1. The quantitative estimate of drug-likeness (QED) is 0.134. The van der Waals surface area contributed by atoms with Gasteiger partial charge in [0.25, 0.3) is 0 Å². The van der Waals surface area contributed by atoms with Gasteiger partial charge < -0.3 is 19.3 Å². The first-order valence-electron chi connectivity index (χ1n) is 17.6. The van der Waals surface area contributed by atoms with E-state index in [2.05, 4.69) is 49.1 Å². The van der Waals surface area contributed by atoms with Gasteiger partial charge in [-0.05, 0) is 82.0 Å². The zero-order chi connectivity index (χ0) is 36.6. The molecule has 2 aromatic heterocycles. The van der Waals surface area contributed by atoms with E-state index < -0.39 is 11.9 Å². The summed E-state index contributed by atoms with van der Waals surface area (Å²) in [5.74, 6) is 1.68. The average Bonchev–Trinajstić information content (AvgIpc) is 3.55. The van der Waals surface area contributed by atoms with Crippen LogP contribution in [0.3, 0.4) is 0 Å². The topological polar surface area (TPSA) is 122 Å². The first kappa shape index (κ1) is 36.4. The fourth-order valence-electron chi connectivity index (χ4n) is 6.11. The van der Waals surface area contributed by atoms with Gasteiger partial charge in [-0.1, -0.05) is 35.5 Å². The van der Waals surface area contributed by atoms with Crippen LogP contribution >= 0.6 is 0 Å². The van der Waals surface area contributed by atoms with Gasteiger partial charge in [0.1, 0.15) is 18.2 Å². The van der Waals surface area contributed by atoms with Gasteiger partial charge in [-0.15, -0.1) is 0 Å². The van der Waals surface area contributed by atoms with E-state index in [0.717, 1.165) is 49.4 Å². The smallest absolute Gasteiger partial charge is 0.425 e. The molecule has 6 rings (SSSR count). The standard InChI is InChI=1S/C39H45FN8O4/c1-26(2)47-20-18-46(19-21-47)22-23-50-34-14-13-31(25-33(34)40)43-38-41-17-16-35(44-38)48(39(49)51-37-27(3)8-6-9-28(37)4)32-11-7-10-30(24-32)12-15-36-42-29(5)45-52-36/h6-11,13-14,16-17,24-26H,12,15,18-23H2,1-5H3,(H,41,43,44). The van der Waals surface area contributed by atoms with Gasteiger partial charge in [0.2, 0.25) is 11.8 Å². The summed E-state index contributed by atoms with van der Waals surface area (Å²) in [6.07, 6.45) is 2.02. The maximum Gasteiger partial charge on any atom is 0.425 e. The van der Waals surface area contributed by atoms with Crippen LogP contribution < -0.4 is 19.7 Å². The Morgan fingerprint density at radius 3 is 2.44 bits per heavy atom. The minimum Gasteiger partial charge on any atom is -0.489 e. The second-order valence-electron chi connectivity index (χ2n) is 13.2. The number of nitrogens with one attached hydrogen (secondary N) is 1. The summed E-state index contributed by atoms with van der Waals surface area (Å²) < 4.78 is 32.2. The maximum atomic E-state index is 15.2. The Morgan fingerprint density at radius 2 is 1.73 bits per heavy atom. The molecule has 3 aromatic carbocycles. The number of ether oxygens (including phenoxy) is 2. The molecular formula is C39H45FN8O4. The molecule has 0 aliphatic carbocycles. The lowest BCUT2D eigenvalue weighted by Gasteiger charge is -2.36. The Hall–Kier alpha value is -5.40. The van der Waals surface area contributed by atoms with Crippen LogP contribution in [0.15, 0.2) is 77.4 Å². The average molecular weight is 709 g/mol. The lowest BCUT2D eigenvalue weighted by atomic mass is 10.1. The van der Waals surface area contributed by atoms with E-state index in [4.69, 9.17) is 14.0 Å². The van der Waals surface area contributed by atoms with Crippen LogP contribution in [0.25, 0.3) is 0 Å². The van der Waals surface area contributed by atoms with Crippen molar-refractivity contribution in [3.05, 3.63) is 107 Å². The molecular weight excluding hydrogens is 663 g/mol. The fourth-order valence-corrected chi connectivity index (χ4v) is 6.11. The zero-order valence-electron chi connectivity index (χ0n) is 30.3. The molecule has 0 unspecified atom stereocenters. The summed E-state index contributed by atoms with van der Waals surface area (Å²) in [5.41, 5.74) is 3.54. The minimum atomic E-state index is -0.652. The van der Waals surface area contributed by atoms with Crippen molar-refractivity contribution in [1.82, 2.24) is 29.9 Å². The van der Waals surface area contributed by atoms with E-state index in [0.29, 0.717) is 54.3 Å². The van der Waals surface area contributed by atoms with Crippen LogP contribution in [-0.2, 0) is 12.8 Å². The number of halogens is 1. The van der Waals surface area contributed by atoms with Crippen LogP contribution in [-0.4, -0.2) is 81.4 Å². The number of benzene rings is 3. The molecule has 5 aromatic rings. The Morgan fingerprint density at radius 1 is 0.962 bits per heavy atom. The second kappa shape index (κ2) is 16.7. The first-order chi connectivity index (χ1) is 25.1. The number of amides is 1. The van der Waals surface area contributed by atoms with Crippen LogP contribution in [0.2, 0.25) is 0 Å². The van der Waals surface area contributed by atoms with Crippen molar-refractivity contribution in [3.8, 4) is 11.5 Å². The minimum absolute atomic E-state index is 0.166. The van der Waals surface area contributed by atoms with E-state index in [1.54, 1.807) is 31.2 Å². The lowest BCUT2D eigenvalue weighted by molar-refractivity contribution is 0.0965. The number of para-hydroxylation sites is 1. The Balaban J connectivity index is 1.17. The number of nitrogens with zero attached hydrogens (tertiary/aromatic N) is 7. The SMILES string of the molecule is Cc1noc(CCc2cccc(N(C(=O)Oc3c(C)cccc3C)c3ccnc(Nc4ccc(OCCN5CCN(C(C)C)CC5)c(F)c4)n3)c2)n1. The van der Waals surface area contributed by atoms with Gasteiger partial charge >= 0.3 is 6.09 Å². The van der Waals surface area contributed by atoms with Crippen LogP contribution in [0.1, 0.15) is 42.3 Å². The number of rotatable bonds is 13. The summed E-state index contributed by atoms with van der Waals surface area (Å²) in [6.45, 7) is 15.1. The summed E-state index contributed by atoms with van der Waals surface area (Å²) >= 11 is 0. The van der Waals surface area contributed by atoms with E-state index >= 15 is 4.39 Å². The molecule has 52 heavy (non-hydrogen) atoms.